The van der Waals surface area contributed by atoms with Crippen LogP contribution in [-0.2, 0) is 23.2 Å². The summed E-state index contributed by atoms with van der Waals surface area (Å²) in [6.45, 7) is 10.8. The third kappa shape index (κ3) is 9.00. The Morgan fingerprint density at radius 3 is 2.38 bits per heavy atom. The summed E-state index contributed by atoms with van der Waals surface area (Å²) in [5, 5.41) is 20.7. The molecular weight excluding hydrogens is 625 g/mol. The Balaban J connectivity index is 1.59. The van der Waals surface area contributed by atoms with Gasteiger partial charge in [-0.2, -0.15) is 0 Å². The van der Waals surface area contributed by atoms with E-state index in [4.69, 9.17) is 29.5 Å². The van der Waals surface area contributed by atoms with Crippen LogP contribution in [0.4, 0.5) is 4.39 Å². The van der Waals surface area contributed by atoms with Crippen LogP contribution in [0.25, 0.3) is 0 Å². The molecule has 2 aromatic carbocycles. The maximum absolute atomic E-state index is 15.6. The van der Waals surface area contributed by atoms with Crippen molar-refractivity contribution < 1.29 is 38.0 Å². The monoisotopic (exact) mass is 669 g/mol. The predicted molar refractivity (Wildman–Crippen MR) is 178 cm³/mol. The average molecular weight is 670 g/mol. The van der Waals surface area contributed by atoms with Crippen LogP contribution in [0.3, 0.4) is 0 Å². The molecule has 0 fully saturated rings. The minimum Gasteiger partial charge on any atom is -0.490 e. The summed E-state index contributed by atoms with van der Waals surface area (Å²) in [4.78, 5) is 30.7. The van der Waals surface area contributed by atoms with Crippen molar-refractivity contribution in [3.05, 3.63) is 62.9 Å². The smallest absolute Gasteiger partial charge is 0.303 e. The van der Waals surface area contributed by atoms with Gasteiger partial charge < -0.3 is 29.0 Å². The third-order valence-electron chi connectivity index (χ3n) is 7.60. The molecule has 0 unspecified atom stereocenters. The first-order chi connectivity index (χ1) is 22.4. The number of carbonyl (C=O) groups is 2. The lowest BCUT2D eigenvalue weighted by atomic mass is 9.84. The molecule has 4 rings (SSSR count). The highest BCUT2D eigenvalue weighted by Gasteiger charge is 2.34. The summed E-state index contributed by atoms with van der Waals surface area (Å²) < 4.78 is 39.3. The number of amidine groups is 1. The molecule has 10 nitrogen and oxygen atoms in total. The number of thiazole rings is 1. The molecule has 0 amide bonds. The number of carboxylic acid groups (broad SMARTS) is 1. The standard InChI is InChI=1S/C35H44FN3O7S/c1-6-43-27-19-23-20-39(34(37)30(23)31(36)33(27)44-7-2)21-25(40)22-17-24(35(3,4)5)32(46-14-9-8-12-29(41)42)26(18-22)45-15-10-11-28-38-13-16-47-28/h13,16-19,37H,6-12,14-15,20-21H2,1-5H3,(H,41,42). The lowest BCUT2D eigenvalue weighted by Gasteiger charge is -2.26. The third-order valence-corrected chi connectivity index (χ3v) is 8.44. The number of halogens is 1. The van der Waals surface area contributed by atoms with Crippen molar-refractivity contribution in [1.82, 2.24) is 9.88 Å². The van der Waals surface area contributed by atoms with E-state index in [-0.39, 0.29) is 54.8 Å². The van der Waals surface area contributed by atoms with Gasteiger partial charge in [-0.3, -0.25) is 15.0 Å². The summed E-state index contributed by atoms with van der Waals surface area (Å²) >= 11 is 1.58. The lowest BCUT2D eigenvalue weighted by Crippen LogP contribution is -2.30. The van der Waals surface area contributed by atoms with Gasteiger partial charge in [0.25, 0.3) is 0 Å². The number of aryl methyl sites for hydroxylation is 1. The van der Waals surface area contributed by atoms with Gasteiger partial charge in [0, 0.05) is 42.1 Å². The molecule has 0 saturated carbocycles. The van der Waals surface area contributed by atoms with Gasteiger partial charge in [-0.25, -0.2) is 9.37 Å². The van der Waals surface area contributed by atoms with E-state index in [0.717, 1.165) is 17.0 Å². The molecule has 1 aliphatic rings. The number of unbranched alkanes of at least 4 members (excludes halogenated alkanes) is 1. The Morgan fingerprint density at radius 1 is 1.00 bits per heavy atom. The maximum Gasteiger partial charge on any atom is 0.303 e. The second-order valence-corrected chi connectivity index (χ2v) is 13.2. The van der Waals surface area contributed by atoms with Crippen LogP contribution in [0.5, 0.6) is 23.0 Å². The van der Waals surface area contributed by atoms with E-state index in [1.807, 2.05) is 26.2 Å². The van der Waals surface area contributed by atoms with Crippen LogP contribution in [0.15, 0.2) is 29.8 Å². The fourth-order valence-electron chi connectivity index (χ4n) is 5.33. The SMILES string of the molecule is CCOc1cc2c(c(F)c1OCC)C(=N)N(CC(=O)c1cc(OCCCc3nccs3)c(OCCCCC(=O)O)c(C(C)(C)C)c1)C2. The van der Waals surface area contributed by atoms with Gasteiger partial charge in [-0.15, -0.1) is 11.3 Å². The summed E-state index contributed by atoms with van der Waals surface area (Å²) in [6.07, 6.45) is 4.30. The number of rotatable bonds is 18. The normalized spacial score (nSPS) is 12.6. The van der Waals surface area contributed by atoms with Crippen molar-refractivity contribution in [2.45, 2.75) is 78.7 Å². The molecule has 2 N–H and O–H groups in total. The number of carboxylic acids is 1. The molecular formula is C35H44FN3O7S. The van der Waals surface area contributed by atoms with Gasteiger partial charge in [-0.1, -0.05) is 20.8 Å². The van der Waals surface area contributed by atoms with Gasteiger partial charge in [0.15, 0.2) is 34.6 Å². The number of nitrogens with one attached hydrogen (secondary N) is 1. The maximum atomic E-state index is 15.6. The summed E-state index contributed by atoms with van der Waals surface area (Å²) in [5.41, 5.74) is 1.38. The highest BCUT2D eigenvalue weighted by atomic mass is 32.1. The summed E-state index contributed by atoms with van der Waals surface area (Å²) in [6, 6.07) is 5.15. The zero-order valence-corrected chi connectivity index (χ0v) is 28.6. The van der Waals surface area contributed by atoms with Crippen LogP contribution in [0.2, 0.25) is 0 Å². The molecule has 47 heavy (non-hydrogen) atoms. The Labute approximate surface area is 279 Å². The molecule has 1 aromatic heterocycles. The summed E-state index contributed by atoms with van der Waals surface area (Å²) in [7, 11) is 0. The number of aliphatic carboxylic acids is 1. The van der Waals surface area contributed by atoms with Crippen LogP contribution >= 0.6 is 11.3 Å². The second kappa shape index (κ2) is 16.1. The molecule has 0 atom stereocenters. The van der Waals surface area contributed by atoms with Crippen molar-refractivity contribution in [1.29, 1.82) is 5.41 Å². The Morgan fingerprint density at radius 2 is 1.72 bits per heavy atom. The number of aromatic nitrogens is 1. The van der Waals surface area contributed by atoms with Gasteiger partial charge in [-0.05, 0) is 62.3 Å². The van der Waals surface area contributed by atoms with Gasteiger partial charge in [0.05, 0.1) is 43.5 Å². The van der Waals surface area contributed by atoms with Crippen LogP contribution < -0.4 is 18.9 Å². The number of Topliss-reactive ketones (excluding diaryl/α,β-unsaturated/α-hetero) is 1. The van der Waals surface area contributed by atoms with E-state index < -0.39 is 17.2 Å². The van der Waals surface area contributed by atoms with Gasteiger partial charge in [0.1, 0.15) is 5.84 Å². The topological polar surface area (TPSA) is 131 Å². The largest absolute Gasteiger partial charge is 0.490 e. The Hall–Kier alpha value is -4.19. The molecule has 3 aromatic rings. The number of carbonyl (C=O) groups excluding carboxylic acids is 1. The van der Waals surface area contributed by atoms with Crippen LogP contribution in [-0.4, -0.2) is 65.6 Å². The van der Waals surface area contributed by atoms with E-state index >= 15 is 4.39 Å². The quantitative estimate of drug-likeness (QED) is 0.108. The second-order valence-electron chi connectivity index (χ2n) is 12.2. The Kier molecular flexibility index (Phi) is 12.2. The highest BCUT2D eigenvalue weighted by Crippen LogP contribution is 2.42. The van der Waals surface area contributed by atoms with Gasteiger partial charge in [0.2, 0.25) is 0 Å². The van der Waals surface area contributed by atoms with Crippen molar-refractivity contribution in [2.75, 3.05) is 33.0 Å². The number of hydrogen-bond donors (Lipinski definition) is 2. The number of fused-ring (bicyclic) bond motifs is 1. The highest BCUT2D eigenvalue weighted by molar-refractivity contribution is 7.09. The van der Waals surface area contributed by atoms with E-state index in [2.05, 4.69) is 4.98 Å². The number of ketones is 1. The number of benzene rings is 2. The minimum absolute atomic E-state index is 0.0314. The van der Waals surface area contributed by atoms with E-state index in [0.29, 0.717) is 61.7 Å². The molecule has 0 radical (unpaired) electrons. The first-order valence-corrected chi connectivity index (χ1v) is 16.8. The first kappa shape index (κ1) is 35.7. The first-order valence-electron chi connectivity index (χ1n) is 16.0. The number of nitrogens with zero attached hydrogens (tertiary/aromatic N) is 2. The zero-order valence-electron chi connectivity index (χ0n) is 27.7. The van der Waals surface area contributed by atoms with Crippen molar-refractivity contribution >= 4 is 28.9 Å². The van der Waals surface area contributed by atoms with Crippen molar-refractivity contribution in [3.63, 3.8) is 0 Å². The zero-order chi connectivity index (χ0) is 34.1. The van der Waals surface area contributed by atoms with Crippen molar-refractivity contribution in [3.8, 4) is 23.0 Å². The Bertz CT molecular complexity index is 1570. The molecule has 1 aliphatic heterocycles. The lowest BCUT2D eigenvalue weighted by molar-refractivity contribution is -0.137. The van der Waals surface area contributed by atoms with E-state index in [1.54, 1.807) is 54.5 Å². The summed E-state index contributed by atoms with van der Waals surface area (Å²) in [5.74, 6) is -0.682. The molecule has 12 heteroatoms. The average Bonchev–Trinajstić information content (AvgIpc) is 3.64. The number of hydrogen-bond acceptors (Lipinski definition) is 9. The molecule has 254 valence electrons. The van der Waals surface area contributed by atoms with Crippen LogP contribution in [0.1, 0.15) is 92.4 Å². The van der Waals surface area contributed by atoms with Crippen molar-refractivity contribution in [2.24, 2.45) is 0 Å². The molecule has 0 spiro atoms. The minimum atomic E-state index is -0.853. The van der Waals surface area contributed by atoms with E-state index in [1.165, 1.54) is 0 Å². The fraction of sp³-hybridized carbons (Fsp3) is 0.486. The predicted octanol–water partition coefficient (Wildman–Crippen LogP) is 7.05. The van der Waals surface area contributed by atoms with E-state index in [9.17, 15) is 9.59 Å². The molecule has 0 saturated heterocycles. The molecule has 0 aliphatic carbocycles. The van der Waals surface area contributed by atoms with Gasteiger partial charge >= 0.3 is 5.97 Å². The molecule has 0 bridgehead atoms. The van der Waals surface area contributed by atoms with Crippen LogP contribution in [0, 0.1) is 11.2 Å². The fourth-order valence-corrected chi connectivity index (χ4v) is 6.00. The molecule has 2 heterocycles. The number of ether oxygens (including phenoxy) is 4.